The van der Waals surface area contributed by atoms with Gasteiger partial charge in [0, 0.05) is 27.8 Å². The third-order valence-electron chi connectivity index (χ3n) is 3.80. The van der Waals surface area contributed by atoms with E-state index in [-0.39, 0.29) is 0 Å². The van der Waals surface area contributed by atoms with Crippen LogP contribution in [0, 0.1) is 5.92 Å². The molecule has 0 spiro atoms. The maximum Gasteiger partial charge on any atom is 0.0350 e. The first-order valence-electron chi connectivity index (χ1n) is 7.24. The molecule has 3 heteroatoms. The van der Waals surface area contributed by atoms with Crippen LogP contribution in [-0.2, 0) is 10.8 Å². The van der Waals surface area contributed by atoms with Gasteiger partial charge in [0.05, 0.1) is 0 Å². The van der Waals surface area contributed by atoms with Crippen molar-refractivity contribution in [2.45, 2.75) is 70.6 Å². The van der Waals surface area contributed by atoms with E-state index in [9.17, 15) is 4.21 Å². The Morgan fingerprint density at radius 2 is 2.18 bits per heavy atom. The average molecular weight is 259 g/mol. The molecule has 1 aliphatic rings. The summed E-state index contributed by atoms with van der Waals surface area (Å²) >= 11 is 0. The van der Waals surface area contributed by atoms with Crippen LogP contribution in [0.15, 0.2) is 0 Å². The summed E-state index contributed by atoms with van der Waals surface area (Å²) in [5.41, 5.74) is 0. The fraction of sp³-hybridized carbons (Fsp3) is 1.00. The maximum atomic E-state index is 12.2. The highest BCUT2D eigenvalue weighted by Crippen LogP contribution is 2.27. The van der Waals surface area contributed by atoms with E-state index in [2.05, 4.69) is 26.1 Å². The van der Waals surface area contributed by atoms with Gasteiger partial charge in [0.2, 0.25) is 0 Å². The summed E-state index contributed by atoms with van der Waals surface area (Å²) in [6.07, 6.45) is 7.26. The quantitative estimate of drug-likeness (QED) is 0.761. The molecule has 102 valence electrons. The van der Waals surface area contributed by atoms with Crippen LogP contribution in [0.2, 0.25) is 0 Å². The molecule has 1 rings (SSSR count). The monoisotopic (exact) mass is 259 g/mol. The molecule has 0 aromatic heterocycles. The van der Waals surface area contributed by atoms with Gasteiger partial charge in [-0.05, 0) is 45.1 Å². The van der Waals surface area contributed by atoms with Crippen molar-refractivity contribution < 1.29 is 4.21 Å². The van der Waals surface area contributed by atoms with Crippen molar-refractivity contribution in [2.24, 2.45) is 5.92 Å². The Morgan fingerprint density at radius 3 is 2.82 bits per heavy atom. The van der Waals surface area contributed by atoms with Crippen LogP contribution in [0.3, 0.4) is 0 Å². The van der Waals surface area contributed by atoms with Crippen LogP contribution >= 0.6 is 0 Å². The van der Waals surface area contributed by atoms with E-state index in [1.807, 2.05) is 0 Å². The lowest BCUT2D eigenvalue weighted by Crippen LogP contribution is -2.27. The normalized spacial score (nSPS) is 28.9. The van der Waals surface area contributed by atoms with Crippen LogP contribution in [0.1, 0.15) is 59.3 Å². The fourth-order valence-corrected chi connectivity index (χ4v) is 4.52. The molecule has 1 saturated carbocycles. The molecule has 4 atom stereocenters. The van der Waals surface area contributed by atoms with Crippen molar-refractivity contribution >= 4 is 10.8 Å². The summed E-state index contributed by atoms with van der Waals surface area (Å²) in [5.74, 6) is 1.70. The molecule has 0 bridgehead atoms. The Kier molecular flexibility index (Phi) is 7.36. The molecule has 2 nitrogen and oxygen atoms in total. The Balaban J connectivity index is 2.16. The summed E-state index contributed by atoms with van der Waals surface area (Å²) in [5, 5.41) is 3.90. The van der Waals surface area contributed by atoms with E-state index >= 15 is 0 Å². The van der Waals surface area contributed by atoms with Gasteiger partial charge in [-0.1, -0.05) is 26.7 Å². The molecule has 0 aromatic rings. The highest BCUT2D eigenvalue weighted by molar-refractivity contribution is 7.85. The van der Waals surface area contributed by atoms with Crippen molar-refractivity contribution in [2.75, 3.05) is 12.3 Å². The van der Waals surface area contributed by atoms with E-state index in [4.69, 9.17) is 0 Å². The van der Waals surface area contributed by atoms with Gasteiger partial charge in [0.25, 0.3) is 0 Å². The maximum absolute atomic E-state index is 12.2. The van der Waals surface area contributed by atoms with E-state index in [1.54, 1.807) is 0 Å². The number of rotatable bonds is 7. The van der Waals surface area contributed by atoms with Gasteiger partial charge in [-0.25, -0.2) is 0 Å². The smallest absolute Gasteiger partial charge is 0.0350 e. The number of nitrogens with one attached hydrogen (secondary N) is 1. The van der Waals surface area contributed by atoms with Gasteiger partial charge in [0.1, 0.15) is 0 Å². The zero-order chi connectivity index (χ0) is 12.7. The lowest BCUT2D eigenvalue weighted by molar-refractivity contribution is 0.389. The SMILES string of the molecule is CCNC(C)CCCS(=O)C1CCCC(C)C1. The molecular formula is C14H29NOS. The van der Waals surface area contributed by atoms with Gasteiger partial charge in [-0.15, -0.1) is 0 Å². The molecule has 0 aliphatic heterocycles. The molecule has 0 radical (unpaired) electrons. The minimum absolute atomic E-state index is 0.494. The highest BCUT2D eigenvalue weighted by Gasteiger charge is 2.23. The molecule has 4 unspecified atom stereocenters. The van der Waals surface area contributed by atoms with Gasteiger partial charge in [-0.2, -0.15) is 0 Å². The minimum Gasteiger partial charge on any atom is -0.315 e. The second-order valence-electron chi connectivity index (χ2n) is 5.58. The van der Waals surface area contributed by atoms with Crippen LogP contribution in [0.5, 0.6) is 0 Å². The average Bonchev–Trinajstić information content (AvgIpc) is 2.29. The molecule has 1 N–H and O–H groups in total. The van der Waals surface area contributed by atoms with Crippen LogP contribution < -0.4 is 5.32 Å². The molecule has 17 heavy (non-hydrogen) atoms. The second kappa shape index (κ2) is 8.25. The van der Waals surface area contributed by atoms with Crippen LogP contribution in [0.4, 0.5) is 0 Å². The van der Waals surface area contributed by atoms with Crippen LogP contribution in [-0.4, -0.2) is 27.8 Å². The summed E-state index contributed by atoms with van der Waals surface area (Å²) in [7, 11) is -0.575. The van der Waals surface area contributed by atoms with Crippen molar-refractivity contribution in [3.05, 3.63) is 0 Å². The molecule has 1 aliphatic carbocycles. The lowest BCUT2D eigenvalue weighted by atomic mass is 9.91. The van der Waals surface area contributed by atoms with Crippen molar-refractivity contribution in [1.82, 2.24) is 5.32 Å². The van der Waals surface area contributed by atoms with E-state index in [0.717, 1.165) is 31.1 Å². The Labute approximate surface area is 109 Å². The van der Waals surface area contributed by atoms with E-state index in [1.165, 1.54) is 25.7 Å². The third kappa shape index (κ3) is 6.01. The highest BCUT2D eigenvalue weighted by atomic mass is 32.2. The predicted octanol–water partition coefficient (Wildman–Crippen LogP) is 3.09. The van der Waals surface area contributed by atoms with Crippen LogP contribution in [0.25, 0.3) is 0 Å². The third-order valence-corrected chi connectivity index (χ3v) is 5.66. The zero-order valence-corrected chi connectivity index (χ0v) is 12.5. The molecule has 0 amide bonds. The topological polar surface area (TPSA) is 29.1 Å². The first kappa shape index (κ1) is 15.2. The molecule has 0 aromatic carbocycles. The van der Waals surface area contributed by atoms with Gasteiger partial charge < -0.3 is 5.32 Å². The summed E-state index contributed by atoms with van der Waals surface area (Å²) in [4.78, 5) is 0. The predicted molar refractivity (Wildman–Crippen MR) is 76.8 cm³/mol. The Hall–Kier alpha value is 0.110. The molecule has 0 saturated heterocycles. The van der Waals surface area contributed by atoms with Crippen molar-refractivity contribution in [3.8, 4) is 0 Å². The van der Waals surface area contributed by atoms with Gasteiger partial charge >= 0.3 is 0 Å². The summed E-state index contributed by atoms with van der Waals surface area (Å²) in [6, 6.07) is 0.572. The lowest BCUT2D eigenvalue weighted by Gasteiger charge is -2.26. The Bertz CT molecular complexity index is 232. The summed E-state index contributed by atoms with van der Waals surface area (Å²) in [6.45, 7) is 7.69. The van der Waals surface area contributed by atoms with Crippen molar-refractivity contribution in [3.63, 3.8) is 0 Å². The van der Waals surface area contributed by atoms with E-state index < -0.39 is 10.8 Å². The molecule has 0 heterocycles. The van der Waals surface area contributed by atoms with Gasteiger partial charge in [0.15, 0.2) is 0 Å². The van der Waals surface area contributed by atoms with Gasteiger partial charge in [-0.3, -0.25) is 4.21 Å². The summed E-state index contributed by atoms with van der Waals surface area (Å²) < 4.78 is 12.2. The van der Waals surface area contributed by atoms with E-state index in [0.29, 0.717) is 11.3 Å². The molecular weight excluding hydrogens is 230 g/mol. The number of hydrogen-bond acceptors (Lipinski definition) is 2. The van der Waals surface area contributed by atoms with Crippen molar-refractivity contribution in [1.29, 1.82) is 0 Å². The standard InChI is InChI=1S/C14H29NOS/c1-4-15-13(3)8-6-10-17(16)14-9-5-7-12(2)11-14/h12-15H,4-11H2,1-3H3. The first-order chi connectivity index (χ1) is 8.13. The number of hydrogen-bond donors (Lipinski definition) is 1. The molecule has 1 fully saturated rings. The first-order valence-corrected chi connectivity index (χ1v) is 8.62. The minimum atomic E-state index is -0.575. The second-order valence-corrected chi connectivity index (χ2v) is 7.42. The fourth-order valence-electron chi connectivity index (χ4n) is 2.77. The largest absolute Gasteiger partial charge is 0.315 e. The Morgan fingerprint density at radius 1 is 1.41 bits per heavy atom. The zero-order valence-electron chi connectivity index (χ0n) is 11.7.